The van der Waals surface area contributed by atoms with Gasteiger partial charge in [0.25, 0.3) is 0 Å². The maximum Gasteiger partial charge on any atom is 0.181 e. The molecule has 0 bridgehead atoms. The molecule has 3 rings (SSSR count). The standard InChI is InChI=1S/C21H16ClN3O2/c1-3-9-27-20-16(22)11-14(12-19(20)26-4-2)10-15(13-23)21-24-17-7-5-6-8-18(17)25-21/h1,5-8,10-12H,4,9H2,2H3,(H,24,25). The third-order valence-corrected chi connectivity index (χ3v) is 3.99. The number of terminal acetylenes is 1. The van der Waals surface area contributed by atoms with Crippen LogP contribution in [0.2, 0.25) is 5.02 Å². The molecule has 0 unspecified atom stereocenters. The van der Waals surface area contributed by atoms with Gasteiger partial charge in [0.1, 0.15) is 18.5 Å². The summed E-state index contributed by atoms with van der Waals surface area (Å²) in [5, 5.41) is 9.94. The number of hydrogen-bond acceptors (Lipinski definition) is 4. The topological polar surface area (TPSA) is 70.9 Å². The van der Waals surface area contributed by atoms with E-state index in [1.807, 2.05) is 31.2 Å². The van der Waals surface area contributed by atoms with Gasteiger partial charge in [0, 0.05) is 0 Å². The Bertz CT molecular complexity index is 1050. The molecule has 0 saturated carbocycles. The van der Waals surface area contributed by atoms with Crippen molar-refractivity contribution >= 4 is 34.3 Å². The summed E-state index contributed by atoms with van der Waals surface area (Å²) in [6.07, 6.45) is 6.94. The van der Waals surface area contributed by atoms with Crippen LogP contribution in [-0.4, -0.2) is 23.2 Å². The highest BCUT2D eigenvalue weighted by Gasteiger charge is 2.13. The van der Waals surface area contributed by atoms with Crippen molar-refractivity contribution in [1.29, 1.82) is 5.26 Å². The van der Waals surface area contributed by atoms with Crippen LogP contribution in [0.1, 0.15) is 18.3 Å². The number of allylic oxidation sites excluding steroid dienone is 1. The second kappa shape index (κ2) is 8.31. The third kappa shape index (κ3) is 4.06. The number of para-hydroxylation sites is 2. The Hall–Kier alpha value is -3.41. The van der Waals surface area contributed by atoms with Gasteiger partial charge in [0.2, 0.25) is 0 Å². The van der Waals surface area contributed by atoms with E-state index in [0.29, 0.717) is 40.1 Å². The van der Waals surface area contributed by atoms with Crippen molar-refractivity contribution in [3.8, 4) is 29.9 Å². The molecule has 1 N–H and O–H groups in total. The first-order valence-corrected chi connectivity index (χ1v) is 8.63. The van der Waals surface area contributed by atoms with E-state index in [2.05, 4.69) is 22.0 Å². The van der Waals surface area contributed by atoms with Gasteiger partial charge < -0.3 is 14.5 Å². The van der Waals surface area contributed by atoms with Crippen molar-refractivity contribution in [3.63, 3.8) is 0 Å². The van der Waals surface area contributed by atoms with Crippen molar-refractivity contribution in [2.75, 3.05) is 13.2 Å². The number of nitrogens with zero attached hydrogens (tertiary/aromatic N) is 2. The Balaban J connectivity index is 2.03. The average Bonchev–Trinajstić information content (AvgIpc) is 3.09. The SMILES string of the molecule is C#CCOc1c(Cl)cc(C=C(C#N)c2nc3ccccc3[nH]2)cc1OCC. The molecule has 1 aromatic heterocycles. The first-order valence-electron chi connectivity index (χ1n) is 8.25. The van der Waals surface area contributed by atoms with E-state index in [9.17, 15) is 5.26 Å². The lowest BCUT2D eigenvalue weighted by Crippen LogP contribution is -2.00. The number of aromatic nitrogens is 2. The molecule has 1 heterocycles. The van der Waals surface area contributed by atoms with E-state index in [1.54, 1.807) is 18.2 Å². The summed E-state index contributed by atoms with van der Waals surface area (Å²) >= 11 is 6.33. The van der Waals surface area contributed by atoms with E-state index in [-0.39, 0.29) is 6.61 Å². The minimum Gasteiger partial charge on any atom is -0.490 e. The summed E-state index contributed by atoms with van der Waals surface area (Å²) in [5.41, 5.74) is 2.72. The zero-order valence-corrected chi connectivity index (χ0v) is 15.4. The number of aromatic amines is 1. The molecule has 0 atom stereocenters. The fourth-order valence-corrected chi connectivity index (χ4v) is 2.86. The zero-order valence-electron chi connectivity index (χ0n) is 14.6. The molecule has 6 heteroatoms. The lowest BCUT2D eigenvalue weighted by Gasteiger charge is -2.13. The predicted molar refractivity (Wildman–Crippen MR) is 107 cm³/mol. The number of nitriles is 1. The fourth-order valence-electron chi connectivity index (χ4n) is 2.59. The monoisotopic (exact) mass is 377 g/mol. The molecular weight excluding hydrogens is 362 g/mol. The van der Waals surface area contributed by atoms with E-state index < -0.39 is 0 Å². The molecule has 5 nitrogen and oxygen atoms in total. The Morgan fingerprint density at radius 1 is 1.33 bits per heavy atom. The van der Waals surface area contributed by atoms with E-state index in [0.717, 1.165) is 11.0 Å². The second-order valence-electron chi connectivity index (χ2n) is 5.53. The number of imidazole rings is 1. The van der Waals surface area contributed by atoms with Crippen LogP contribution >= 0.6 is 11.6 Å². The summed E-state index contributed by atoms with van der Waals surface area (Å²) in [4.78, 5) is 7.61. The van der Waals surface area contributed by atoms with Crippen molar-refractivity contribution in [3.05, 3.63) is 52.8 Å². The van der Waals surface area contributed by atoms with Crippen LogP contribution in [0.25, 0.3) is 22.7 Å². The molecule has 0 radical (unpaired) electrons. The minimum atomic E-state index is 0.0808. The molecule has 0 spiro atoms. The Morgan fingerprint density at radius 3 is 2.85 bits per heavy atom. The zero-order chi connectivity index (χ0) is 19.2. The lowest BCUT2D eigenvalue weighted by molar-refractivity contribution is 0.299. The van der Waals surface area contributed by atoms with Gasteiger partial charge in [-0.15, -0.1) is 6.42 Å². The van der Waals surface area contributed by atoms with Crippen LogP contribution in [-0.2, 0) is 0 Å². The maximum atomic E-state index is 9.59. The smallest absolute Gasteiger partial charge is 0.181 e. The Morgan fingerprint density at radius 2 is 2.15 bits per heavy atom. The van der Waals surface area contributed by atoms with Crippen LogP contribution in [0.5, 0.6) is 11.5 Å². The molecule has 0 fully saturated rings. The van der Waals surface area contributed by atoms with Gasteiger partial charge >= 0.3 is 0 Å². The Kier molecular flexibility index (Phi) is 5.66. The molecule has 0 aliphatic heterocycles. The van der Waals surface area contributed by atoms with Crippen molar-refractivity contribution in [1.82, 2.24) is 9.97 Å². The molecular formula is C21H16ClN3O2. The summed E-state index contributed by atoms with van der Waals surface area (Å²) in [6, 6.07) is 13.2. The largest absolute Gasteiger partial charge is 0.490 e. The molecule has 3 aromatic rings. The number of halogens is 1. The number of benzene rings is 2. The van der Waals surface area contributed by atoms with Gasteiger partial charge in [0.15, 0.2) is 11.5 Å². The van der Waals surface area contributed by atoms with E-state index in [4.69, 9.17) is 27.5 Å². The van der Waals surface area contributed by atoms with Gasteiger partial charge in [0.05, 0.1) is 28.2 Å². The molecule has 27 heavy (non-hydrogen) atoms. The number of H-pyrrole nitrogens is 1. The van der Waals surface area contributed by atoms with Crippen molar-refractivity contribution in [2.24, 2.45) is 0 Å². The maximum absolute atomic E-state index is 9.59. The minimum absolute atomic E-state index is 0.0808. The van der Waals surface area contributed by atoms with Gasteiger partial charge in [-0.3, -0.25) is 0 Å². The number of ether oxygens (including phenoxy) is 2. The highest BCUT2D eigenvalue weighted by Crippen LogP contribution is 2.37. The summed E-state index contributed by atoms with van der Waals surface area (Å²) < 4.78 is 11.1. The second-order valence-corrected chi connectivity index (χ2v) is 5.94. The van der Waals surface area contributed by atoms with Gasteiger partial charge in [-0.1, -0.05) is 29.7 Å². The number of hydrogen-bond donors (Lipinski definition) is 1. The van der Waals surface area contributed by atoms with Crippen LogP contribution < -0.4 is 9.47 Å². The fraction of sp³-hybridized carbons (Fsp3) is 0.143. The van der Waals surface area contributed by atoms with Gasteiger partial charge in [-0.25, -0.2) is 4.98 Å². The van der Waals surface area contributed by atoms with Crippen LogP contribution in [0.3, 0.4) is 0 Å². The quantitative estimate of drug-likeness (QED) is 0.499. The highest BCUT2D eigenvalue weighted by molar-refractivity contribution is 6.32. The molecule has 134 valence electrons. The average molecular weight is 378 g/mol. The molecule has 0 aliphatic rings. The molecule has 2 aromatic carbocycles. The molecule has 0 amide bonds. The summed E-state index contributed by atoms with van der Waals surface area (Å²) in [5.74, 6) is 3.74. The number of fused-ring (bicyclic) bond motifs is 1. The van der Waals surface area contributed by atoms with Crippen LogP contribution in [0, 0.1) is 23.7 Å². The summed E-state index contributed by atoms with van der Waals surface area (Å²) in [7, 11) is 0. The normalized spacial score (nSPS) is 11.0. The lowest BCUT2D eigenvalue weighted by atomic mass is 10.1. The molecule has 0 aliphatic carbocycles. The van der Waals surface area contributed by atoms with Crippen LogP contribution in [0.4, 0.5) is 0 Å². The van der Waals surface area contributed by atoms with E-state index in [1.165, 1.54) is 0 Å². The number of nitrogens with one attached hydrogen (secondary N) is 1. The number of rotatable bonds is 6. The predicted octanol–water partition coefficient (Wildman–Crippen LogP) is 4.69. The first kappa shape index (κ1) is 18.4. The van der Waals surface area contributed by atoms with Gasteiger partial charge in [-0.05, 0) is 42.8 Å². The van der Waals surface area contributed by atoms with Crippen LogP contribution in [0.15, 0.2) is 36.4 Å². The highest BCUT2D eigenvalue weighted by atomic mass is 35.5. The van der Waals surface area contributed by atoms with Gasteiger partial charge in [-0.2, -0.15) is 5.26 Å². The van der Waals surface area contributed by atoms with Crippen molar-refractivity contribution in [2.45, 2.75) is 6.92 Å². The van der Waals surface area contributed by atoms with E-state index >= 15 is 0 Å². The summed E-state index contributed by atoms with van der Waals surface area (Å²) in [6.45, 7) is 2.37. The Labute approximate surface area is 162 Å². The van der Waals surface area contributed by atoms with Crippen molar-refractivity contribution < 1.29 is 9.47 Å². The first-order chi connectivity index (χ1) is 13.2. The third-order valence-electron chi connectivity index (χ3n) is 3.71. The molecule has 0 saturated heterocycles.